The summed E-state index contributed by atoms with van der Waals surface area (Å²) in [6.45, 7) is 0. The van der Waals surface area contributed by atoms with E-state index >= 15 is 0 Å². The number of nitrogens with one attached hydrogen (secondary N) is 1. The van der Waals surface area contributed by atoms with Crippen LogP contribution < -0.4 is 5.32 Å². The largest absolute Gasteiger partial charge is 0.481 e. The van der Waals surface area contributed by atoms with Gasteiger partial charge in [0.05, 0.1) is 5.41 Å². The second kappa shape index (κ2) is 6.65. The molecule has 1 aliphatic rings. The molecular formula is C19H18ClNO3. The molecule has 4 nitrogen and oxygen atoms in total. The van der Waals surface area contributed by atoms with E-state index in [0.717, 1.165) is 24.0 Å². The third kappa shape index (κ3) is 3.60. The minimum atomic E-state index is -0.815. The van der Waals surface area contributed by atoms with Gasteiger partial charge in [-0.25, -0.2) is 0 Å². The third-order valence-electron chi connectivity index (χ3n) is 4.40. The molecule has 124 valence electrons. The first-order valence-electron chi connectivity index (χ1n) is 7.88. The van der Waals surface area contributed by atoms with E-state index in [4.69, 9.17) is 16.7 Å². The Bertz CT molecular complexity index is 766. The van der Waals surface area contributed by atoms with Crippen molar-refractivity contribution < 1.29 is 14.7 Å². The molecule has 0 radical (unpaired) electrons. The van der Waals surface area contributed by atoms with Gasteiger partial charge in [0, 0.05) is 17.1 Å². The third-order valence-corrected chi connectivity index (χ3v) is 4.64. The molecule has 1 aliphatic carbocycles. The van der Waals surface area contributed by atoms with Gasteiger partial charge in [-0.15, -0.1) is 0 Å². The van der Waals surface area contributed by atoms with Crippen LogP contribution >= 0.6 is 11.6 Å². The zero-order valence-electron chi connectivity index (χ0n) is 13.1. The van der Waals surface area contributed by atoms with Crippen molar-refractivity contribution in [2.45, 2.75) is 31.1 Å². The highest BCUT2D eigenvalue weighted by Gasteiger charge is 2.51. The number of benzene rings is 2. The summed E-state index contributed by atoms with van der Waals surface area (Å²) in [6.07, 6.45) is 2.21. The Hall–Kier alpha value is -2.33. The lowest BCUT2D eigenvalue weighted by molar-refractivity contribution is -0.137. The summed E-state index contributed by atoms with van der Waals surface area (Å²) in [6, 6.07) is 14.8. The zero-order chi connectivity index (χ0) is 17.2. The fourth-order valence-electron chi connectivity index (χ4n) is 2.81. The smallest absolute Gasteiger partial charge is 0.303 e. The molecule has 2 N–H and O–H groups in total. The van der Waals surface area contributed by atoms with Crippen molar-refractivity contribution in [2.24, 2.45) is 0 Å². The molecule has 2 aromatic rings. The van der Waals surface area contributed by atoms with Gasteiger partial charge in [-0.2, -0.15) is 0 Å². The predicted molar refractivity (Wildman–Crippen MR) is 93.4 cm³/mol. The molecule has 0 unspecified atom stereocenters. The topological polar surface area (TPSA) is 66.4 Å². The number of anilines is 1. The first kappa shape index (κ1) is 16.5. The Morgan fingerprint density at radius 2 is 1.83 bits per heavy atom. The molecule has 1 saturated carbocycles. The van der Waals surface area contributed by atoms with Crippen LogP contribution in [-0.4, -0.2) is 17.0 Å². The van der Waals surface area contributed by atoms with Gasteiger partial charge in [0.25, 0.3) is 0 Å². The number of carbonyl (C=O) groups excluding carboxylic acids is 1. The lowest BCUT2D eigenvalue weighted by atomic mass is 9.95. The minimum Gasteiger partial charge on any atom is -0.481 e. The van der Waals surface area contributed by atoms with Gasteiger partial charge in [-0.05, 0) is 54.7 Å². The van der Waals surface area contributed by atoms with Crippen molar-refractivity contribution in [1.82, 2.24) is 0 Å². The van der Waals surface area contributed by atoms with Crippen molar-refractivity contribution in [3.63, 3.8) is 0 Å². The number of aliphatic carboxylic acids is 1. The van der Waals surface area contributed by atoms with Crippen LogP contribution in [0.3, 0.4) is 0 Å². The van der Waals surface area contributed by atoms with Gasteiger partial charge < -0.3 is 10.4 Å². The Morgan fingerprint density at radius 3 is 2.42 bits per heavy atom. The molecular weight excluding hydrogens is 326 g/mol. The highest BCUT2D eigenvalue weighted by atomic mass is 35.5. The molecule has 5 heteroatoms. The average Bonchev–Trinajstić information content (AvgIpc) is 3.36. The quantitative estimate of drug-likeness (QED) is 0.832. The van der Waals surface area contributed by atoms with Crippen LogP contribution in [0.1, 0.15) is 30.4 Å². The molecule has 0 heterocycles. The molecule has 3 rings (SSSR count). The highest BCUT2D eigenvalue weighted by Crippen LogP contribution is 2.49. The number of hydrogen-bond acceptors (Lipinski definition) is 2. The van der Waals surface area contributed by atoms with Crippen LogP contribution in [0.5, 0.6) is 0 Å². The maximum Gasteiger partial charge on any atom is 0.303 e. The number of hydrogen-bond donors (Lipinski definition) is 2. The van der Waals surface area contributed by atoms with Crippen LogP contribution in [0, 0.1) is 0 Å². The Labute approximate surface area is 145 Å². The Morgan fingerprint density at radius 1 is 1.12 bits per heavy atom. The molecule has 0 aliphatic heterocycles. The SMILES string of the molecule is O=C(O)CCc1ccc(NC(=O)C2(c3cccc(Cl)c3)CC2)cc1. The highest BCUT2D eigenvalue weighted by molar-refractivity contribution is 6.30. The summed E-state index contributed by atoms with van der Waals surface area (Å²) < 4.78 is 0. The van der Waals surface area contributed by atoms with E-state index in [9.17, 15) is 9.59 Å². The molecule has 0 aromatic heterocycles. The van der Waals surface area contributed by atoms with Crippen LogP contribution in [0.4, 0.5) is 5.69 Å². The number of amides is 1. The lowest BCUT2D eigenvalue weighted by Gasteiger charge is -2.16. The summed E-state index contributed by atoms with van der Waals surface area (Å²) in [5, 5.41) is 12.3. The molecule has 1 fully saturated rings. The van der Waals surface area contributed by atoms with Gasteiger partial charge in [-0.3, -0.25) is 9.59 Å². The molecule has 24 heavy (non-hydrogen) atoms. The van der Waals surface area contributed by atoms with Gasteiger partial charge >= 0.3 is 5.97 Å². The van der Waals surface area contributed by atoms with Gasteiger partial charge in [0.1, 0.15) is 0 Å². The number of halogens is 1. The summed E-state index contributed by atoms with van der Waals surface area (Å²) in [4.78, 5) is 23.3. The summed E-state index contributed by atoms with van der Waals surface area (Å²) in [5.74, 6) is -0.840. The van der Waals surface area contributed by atoms with E-state index in [1.807, 2.05) is 42.5 Å². The molecule has 0 saturated heterocycles. The van der Waals surface area contributed by atoms with Crippen LogP contribution in [-0.2, 0) is 21.4 Å². The van der Waals surface area contributed by atoms with Crippen molar-refractivity contribution in [3.05, 3.63) is 64.7 Å². The Kier molecular flexibility index (Phi) is 4.58. The number of carboxylic acids is 1. The van der Waals surface area contributed by atoms with Gasteiger partial charge in [0.15, 0.2) is 0 Å². The van der Waals surface area contributed by atoms with Crippen molar-refractivity contribution in [2.75, 3.05) is 5.32 Å². The fraction of sp³-hybridized carbons (Fsp3) is 0.263. The van der Waals surface area contributed by atoms with E-state index in [2.05, 4.69) is 5.32 Å². The zero-order valence-corrected chi connectivity index (χ0v) is 13.8. The summed E-state index contributed by atoms with van der Waals surface area (Å²) in [7, 11) is 0. The maximum atomic E-state index is 12.7. The first-order chi connectivity index (χ1) is 11.5. The fourth-order valence-corrected chi connectivity index (χ4v) is 3.01. The van der Waals surface area contributed by atoms with Crippen LogP contribution in [0.15, 0.2) is 48.5 Å². The maximum absolute atomic E-state index is 12.7. The van der Waals surface area contributed by atoms with E-state index in [1.165, 1.54) is 0 Å². The number of aryl methyl sites for hydroxylation is 1. The van der Waals surface area contributed by atoms with Crippen molar-refractivity contribution in [3.8, 4) is 0 Å². The normalized spacial score (nSPS) is 14.9. The van der Waals surface area contributed by atoms with Crippen molar-refractivity contribution >= 4 is 29.2 Å². The van der Waals surface area contributed by atoms with Gasteiger partial charge in [-0.1, -0.05) is 35.9 Å². The Balaban J connectivity index is 1.67. The minimum absolute atomic E-state index is 0.0250. The number of carbonyl (C=O) groups is 2. The first-order valence-corrected chi connectivity index (χ1v) is 8.26. The molecule has 0 spiro atoms. The molecule has 1 amide bonds. The van der Waals surface area contributed by atoms with Crippen molar-refractivity contribution in [1.29, 1.82) is 0 Å². The van der Waals surface area contributed by atoms with Gasteiger partial charge in [0.2, 0.25) is 5.91 Å². The predicted octanol–water partition coefficient (Wildman–Crippen LogP) is 4.03. The standard InChI is InChI=1S/C19H18ClNO3/c20-15-3-1-2-14(12-15)19(10-11-19)18(24)21-16-7-4-13(5-8-16)6-9-17(22)23/h1-5,7-8,12H,6,9-11H2,(H,21,24)(H,22,23). The average molecular weight is 344 g/mol. The van der Waals surface area contributed by atoms with E-state index in [1.54, 1.807) is 6.07 Å². The van der Waals surface area contributed by atoms with E-state index in [0.29, 0.717) is 17.1 Å². The van der Waals surface area contributed by atoms with Crippen LogP contribution in [0.25, 0.3) is 0 Å². The second-order valence-corrected chi connectivity index (χ2v) is 6.57. The van der Waals surface area contributed by atoms with E-state index < -0.39 is 11.4 Å². The monoisotopic (exact) mass is 343 g/mol. The number of carboxylic acid groups (broad SMARTS) is 1. The lowest BCUT2D eigenvalue weighted by Crippen LogP contribution is -2.27. The number of rotatable bonds is 6. The second-order valence-electron chi connectivity index (χ2n) is 6.14. The molecule has 2 aromatic carbocycles. The van der Waals surface area contributed by atoms with Crippen LogP contribution in [0.2, 0.25) is 5.02 Å². The summed E-state index contributed by atoms with van der Waals surface area (Å²) in [5.41, 5.74) is 2.12. The summed E-state index contributed by atoms with van der Waals surface area (Å²) >= 11 is 6.04. The van der Waals surface area contributed by atoms with E-state index in [-0.39, 0.29) is 12.3 Å². The molecule has 0 bridgehead atoms. The molecule has 0 atom stereocenters.